The van der Waals surface area contributed by atoms with Gasteiger partial charge in [-0.05, 0) is 24.8 Å². The molecule has 1 fully saturated rings. The van der Waals surface area contributed by atoms with E-state index >= 15 is 0 Å². The van der Waals surface area contributed by atoms with Crippen LogP contribution >= 0.6 is 0 Å². The Bertz CT molecular complexity index is 398. The van der Waals surface area contributed by atoms with Gasteiger partial charge in [-0.15, -0.1) is 0 Å². The Morgan fingerprint density at radius 3 is 2.56 bits per heavy atom. The van der Waals surface area contributed by atoms with Crippen molar-refractivity contribution in [3.05, 3.63) is 35.9 Å². The van der Waals surface area contributed by atoms with Crippen LogP contribution in [0.15, 0.2) is 30.3 Å². The Morgan fingerprint density at radius 2 is 2.00 bits per heavy atom. The summed E-state index contributed by atoms with van der Waals surface area (Å²) < 4.78 is 5.02. The predicted octanol–water partition coefficient (Wildman–Crippen LogP) is 2.21. The zero-order valence-electron chi connectivity index (χ0n) is 11.2. The van der Waals surface area contributed by atoms with E-state index in [4.69, 9.17) is 4.74 Å². The summed E-state index contributed by atoms with van der Waals surface area (Å²) in [4.78, 5) is 14.4. The lowest BCUT2D eigenvalue weighted by Crippen LogP contribution is -2.37. The number of rotatable bonds is 6. The molecule has 0 bridgehead atoms. The number of benzene rings is 1. The minimum atomic E-state index is -0.233. The second-order valence-corrected chi connectivity index (χ2v) is 5.02. The largest absolute Gasteiger partial charge is 0.385 e. The number of carbonyl (C=O) groups excluding carboxylic acids is 1. The normalized spacial score (nSPS) is 16.3. The van der Waals surface area contributed by atoms with E-state index in [9.17, 15) is 4.79 Å². The van der Waals surface area contributed by atoms with Crippen molar-refractivity contribution in [3.8, 4) is 0 Å². The molecule has 0 aromatic heterocycles. The van der Waals surface area contributed by atoms with E-state index in [0.717, 1.165) is 31.4 Å². The molecule has 1 saturated carbocycles. The summed E-state index contributed by atoms with van der Waals surface area (Å²) >= 11 is 0. The quantitative estimate of drug-likeness (QED) is 0.721. The van der Waals surface area contributed by atoms with Gasteiger partial charge in [0.2, 0.25) is 5.91 Å². The fourth-order valence-electron chi connectivity index (χ4n) is 2.42. The Balaban J connectivity index is 2.00. The first-order valence-corrected chi connectivity index (χ1v) is 6.51. The zero-order chi connectivity index (χ0) is 13.0. The second kappa shape index (κ2) is 5.53. The Hall–Kier alpha value is -1.35. The summed E-state index contributed by atoms with van der Waals surface area (Å²) in [7, 11) is 3.58. The van der Waals surface area contributed by atoms with Crippen LogP contribution in [0.5, 0.6) is 0 Å². The Kier molecular flexibility index (Phi) is 4.02. The molecule has 1 amide bonds. The molecule has 1 aliphatic rings. The van der Waals surface area contributed by atoms with Crippen LogP contribution < -0.4 is 0 Å². The molecule has 1 aromatic rings. The highest BCUT2D eigenvalue weighted by Gasteiger charge is 2.52. The summed E-state index contributed by atoms with van der Waals surface area (Å²) in [6.45, 7) is 1.47. The topological polar surface area (TPSA) is 29.5 Å². The lowest BCUT2D eigenvalue weighted by Gasteiger charge is -2.23. The average molecular weight is 247 g/mol. The Morgan fingerprint density at radius 1 is 1.33 bits per heavy atom. The van der Waals surface area contributed by atoms with Gasteiger partial charge in [-0.3, -0.25) is 4.79 Å². The molecule has 2 rings (SSSR count). The molecule has 0 N–H and O–H groups in total. The minimum Gasteiger partial charge on any atom is -0.385 e. The second-order valence-electron chi connectivity index (χ2n) is 5.02. The molecule has 0 heterocycles. The number of amides is 1. The summed E-state index contributed by atoms with van der Waals surface area (Å²) in [5, 5.41) is 0. The van der Waals surface area contributed by atoms with Gasteiger partial charge >= 0.3 is 0 Å². The van der Waals surface area contributed by atoms with Gasteiger partial charge in [0.05, 0.1) is 5.41 Å². The van der Waals surface area contributed by atoms with Gasteiger partial charge in [0.25, 0.3) is 0 Å². The molecule has 0 spiro atoms. The molecular weight excluding hydrogens is 226 g/mol. The van der Waals surface area contributed by atoms with E-state index < -0.39 is 0 Å². The fraction of sp³-hybridized carbons (Fsp3) is 0.533. The highest BCUT2D eigenvalue weighted by Crippen LogP contribution is 2.49. The third-order valence-electron chi connectivity index (χ3n) is 3.67. The van der Waals surface area contributed by atoms with Gasteiger partial charge in [0.1, 0.15) is 0 Å². The average Bonchev–Trinajstić information content (AvgIpc) is 3.20. The smallest absolute Gasteiger partial charge is 0.232 e. The highest BCUT2D eigenvalue weighted by molar-refractivity contribution is 5.91. The van der Waals surface area contributed by atoms with Gasteiger partial charge in [0, 0.05) is 27.3 Å². The van der Waals surface area contributed by atoms with Gasteiger partial charge in [0.15, 0.2) is 0 Å². The molecule has 1 aliphatic carbocycles. The van der Waals surface area contributed by atoms with E-state index in [0.29, 0.717) is 6.61 Å². The lowest BCUT2D eigenvalue weighted by atomic mass is 9.94. The van der Waals surface area contributed by atoms with Crippen LogP contribution in [0.25, 0.3) is 0 Å². The number of likely N-dealkylation sites (N-methyl/N-ethyl adjacent to an activating group) is 1. The van der Waals surface area contributed by atoms with E-state index in [1.54, 1.807) is 7.11 Å². The maximum atomic E-state index is 12.5. The van der Waals surface area contributed by atoms with Gasteiger partial charge in [-0.2, -0.15) is 0 Å². The van der Waals surface area contributed by atoms with Crippen LogP contribution in [0.3, 0.4) is 0 Å². The Labute approximate surface area is 109 Å². The molecule has 0 atom stereocenters. The van der Waals surface area contributed by atoms with E-state index in [2.05, 4.69) is 12.1 Å². The number of carbonyl (C=O) groups is 1. The molecule has 0 radical (unpaired) electrons. The van der Waals surface area contributed by atoms with Crippen LogP contribution in [-0.4, -0.2) is 38.1 Å². The van der Waals surface area contributed by atoms with Gasteiger partial charge in [-0.1, -0.05) is 30.3 Å². The summed E-state index contributed by atoms with van der Waals surface area (Å²) in [5.74, 6) is 0.254. The van der Waals surface area contributed by atoms with Crippen LogP contribution in [-0.2, 0) is 14.9 Å². The number of hydrogen-bond acceptors (Lipinski definition) is 2. The van der Waals surface area contributed by atoms with Crippen LogP contribution in [0.1, 0.15) is 24.8 Å². The molecule has 1 aromatic carbocycles. The number of methoxy groups -OCH3 is 1. The zero-order valence-corrected chi connectivity index (χ0v) is 11.2. The van der Waals surface area contributed by atoms with Crippen LogP contribution in [0, 0.1) is 0 Å². The SMILES string of the molecule is COCCCN(C)C(=O)C1(c2ccccc2)CC1. The summed E-state index contributed by atoms with van der Waals surface area (Å²) in [6.07, 6.45) is 2.85. The lowest BCUT2D eigenvalue weighted by molar-refractivity contribution is -0.132. The van der Waals surface area contributed by atoms with E-state index in [1.165, 1.54) is 0 Å². The first-order valence-electron chi connectivity index (χ1n) is 6.51. The molecule has 98 valence electrons. The molecular formula is C15H21NO2. The predicted molar refractivity (Wildman–Crippen MR) is 71.5 cm³/mol. The number of hydrogen-bond donors (Lipinski definition) is 0. The van der Waals surface area contributed by atoms with Crippen molar-refractivity contribution in [2.24, 2.45) is 0 Å². The van der Waals surface area contributed by atoms with Crippen molar-refractivity contribution >= 4 is 5.91 Å². The standard InChI is InChI=1S/C15H21NO2/c1-16(11-6-12-18-2)14(17)15(9-10-15)13-7-4-3-5-8-13/h3-5,7-8H,6,9-12H2,1-2H3. The molecule has 3 nitrogen and oxygen atoms in total. The van der Waals surface area contributed by atoms with E-state index in [1.807, 2.05) is 30.1 Å². The summed E-state index contributed by atoms with van der Waals surface area (Å²) in [5.41, 5.74) is 0.928. The maximum Gasteiger partial charge on any atom is 0.232 e. The maximum absolute atomic E-state index is 12.5. The van der Waals surface area contributed by atoms with E-state index in [-0.39, 0.29) is 11.3 Å². The van der Waals surface area contributed by atoms with Crippen LogP contribution in [0.2, 0.25) is 0 Å². The van der Waals surface area contributed by atoms with Crippen molar-refractivity contribution in [2.45, 2.75) is 24.7 Å². The van der Waals surface area contributed by atoms with Crippen molar-refractivity contribution < 1.29 is 9.53 Å². The third kappa shape index (κ3) is 2.56. The van der Waals surface area contributed by atoms with Crippen molar-refractivity contribution in [3.63, 3.8) is 0 Å². The first-order chi connectivity index (χ1) is 8.70. The van der Waals surface area contributed by atoms with Crippen LogP contribution in [0.4, 0.5) is 0 Å². The van der Waals surface area contributed by atoms with Crippen molar-refractivity contribution in [1.29, 1.82) is 0 Å². The number of ether oxygens (including phenoxy) is 1. The fourth-order valence-corrected chi connectivity index (χ4v) is 2.42. The van der Waals surface area contributed by atoms with Gasteiger partial charge < -0.3 is 9.64 Å². The summed E-state index contributed by atoms with van der Waals surface area (Å²) in [6, 6.07) is 10.1. The van der Waals surface area contributed by atoms with Crippen molar-refractivity contribution in [2.75, 3.05) is 27.3 Å². The highest BCUT2D eigenvalue weighted by atomic mass is 16.5. The van der Waals surface area contributed by atoms with Gasteiger partial charge in [-0.25, -0.2) is 0 Å². The molecule has 3 heteroatoms. The minimum absolute atomic E-state index is 0.233. The molecule has 0 unspecified atom stereocenters. The monoisotopic (exact) mass is 247 g/mol. The molecule has 18 heavy (non-hydrogen) atoms. The first kappa shape index (κ1) is 13.1. The molecule has 0 aliphatic heterocycles. The van der Waals surface area contributed by atoms with Crippen molar-refractivity contribution in [1.82, 2.24) is 4.90 Å². The number of nitrogens with zero attached hydrogens (tertiary/aromatic N) is 1. The third-order valence-corrected chi connectivity index (χ3v) is 3.67. The molecule has 0 saturated heterocycles.